The average molecular weight is 561 g/mol. The van der Waals surface area contributed by atoms with E-state index in [4.69, 9.17) is 23.2 Å². The lowest BCUT2D eigenvalue weighted by atomic mass is 10.2. The zero-order valence-electron chi connectivity index (χ0n) is 16.7. The second-order valence-corrected chi connectivity index (χ2v) is 9.09. The fourth-order valence-corrected chi connectivity index (χ4v) is 4.13. The number of hydrogen-bond donors (Lipinski definition) is 2. The second kappa shape index (κ2) is 11.1. The molecule has 0 spiro atoms. The van der Waals surface area contributed by atoms with E-state index in [9.17, 15) is 14.0 Å². The average Bonchev–Trinajstić information content (AvgIpc) is 3.16. The fourth-order valence-electron chi connectivity index (χ4n) is 2.68. The topological polar surface area (TPSA) is 88.9 Å². The Morgan fingerprint density at radius 1 is 1.16 bits per heavy atom. The molecular weight excluding hydrogens is 544 g/mol. The van der Waals surface area contributed by atoms with Gasteiger partial charge >= 0.3 is 0 Å². The lowest BCUT2D eigenvalue weighted by Gasteiger charge is -2.09. The fraction of sp³-hybridized carbons (Fsp3) is 0.200. The summed E-state index contributed by atoms with van der Waals surface area (Å²) >= 11 is 16.2. The molecule has 0 unspecified atom stereocenters. The highest BCUT2D eigenvalue weighted by Crippen LogP contribution is 2.23. The van der Waals surface area contributed by atoms with Crippen molar-refractivity contribution in [2.75, 3.05) is 11.1 Å². The summed E-state index contributed by atoms with van der Waals surface area (Å²) in [4.78, 5) is 24.6. The molecule has 0 fully saturated rings. The Bertz CT molecular complexity index is 1160. The van der Waals surface area contributed by atoms with Crippen LogP contribution in [0.4, 0.5) is 10.1 Å². The van der Waals surface area contributed by atoms with Crippen molar-refractivity contribution in [3.63, 3.8) is 0 Å². The number of thioether (sulfide) groups is 1. The Kier molecular flexibility index (Phi) is 8.52. The highest BCUT2D eigenvalue weighted by atomic mass is 79.9. The molecule has 3 rings (SSSR count). The monoisotopic (exact) mass is 559 g/mol. The number of nitrogens with zero attached hydrogens (tertiary/aromatic N) is 3. The van der Waals surface area contributed by atoms with E-state index < -0.39 is 5.82 Å². The van der Waals surface area contributed by atoms with Crippen LogP contribution in [0.5, 0.6) is 0 Å². The molecule has 0 aliphatic rings. The van der Waals surface area contributed by atoms with Crippen LogP contribution in [0.1, 0.15) is 23.1 Å². The summed E-state index contributed by atoms with van der Waals surface area (Å²) in [5.74, 6) is -0.698. The van der Waals surface area contributed by atoms with Gasteiger partial charge in [0.15, 0.2) is 11.0 Å². The molecule has 2 amide bonds. The number of rotatable bonds is 8. The van der Waals surface area contributed by atoms with Crippen molar-refractivity contribution in [3.8, 4) is 0 Å². The van der Waals surface area contributed by atoms with Gasteiger partial charge in [-0.25, -0.2) is 4.39 Å². The zero-order valence-corrected chi connectivity index (χ0v) is 20.6. The maximum atomic E-state index is 13.9. The number of amides is 2. The number of carbonyl (C=O) groups excluding carboxylic acids is 2. The summed E-state index contributed by atoms with van der Waals surface area (Å²) in [5, 5.41) is 14.7. The first-order valence-electron chi connectivity index (χ1n) is 9.31. The van der Waals surface area contributed by atoms with Gasteiger partial charge in [0.1, 0.15) is 5.82 Å². The van der Waals surface area contributed by atoms with E-state index in [0.29, 0.717) is 32.6 Å². The van der Waals surface area contributed by atoms with E-state index in [1.807, 2.05) is 6.92 Å². The molecule has 0 saturated heterocycles. The smallest absolute Gasteiger partial charge is 0.251 e. The van der Waals surface area contributed by atoms with E-state index >= 15 is 0 Å². The first-order valence-corrected chi connectivity index (χ1v) is 11.8. The van der Waals surface area contributed by atoms with Crippen LogP contribution < -0.4 is 10.6 Å². The third-order valence-electron chi connectivity index (χ3n) is 4.24. The number of nitrogens with one attached hydrogen (secondary N) is 2. The molecule has 0 aliphatic heterocycles. The molecular formula is C20H17BrCl2FN5O2S. The van der Waals surface area contributed by atoms with Gasteiger partial charge in [0.25, 0.3) is 5.91 Å². The summed E-state index contributed by atoms with van der Waals surface area (Å²) in [7, 11) is 0. The highest BCUT2D eigenvalue weighted by molar-refractivity contribution is 9.10. The molecule has 0 atom stereocenters. The lowest BCUT2D eigenvalue weighted by Crippen LogP contribution is -2.24. The van der Waals surface area contributed by atoms with Crippen LogP contribution in [0.15, 0.2) is 46.0 Å². The van der Waals surface area contributed by atoms with Crippen LogP contribution in [-0.2, 0) is 17.9 Å². The van der Waals surface area contributed by atoms with Gasteiger partial charge in [0, 0.05) is 16.6 Å². The van der Waals surface area contributed by atoms with E-state index in [-0.39, 0.29) is 34.8 Å². The van der Waals surface area contributed by atoms with Crippen molar-refractivity contribution >= 4 is 68.4 Å². The van der Waals surface area contributed by atoms with Crippen molar-refractivity contribution in [1.29, 1.82) is 0 Å². The van der Waals surface area contributed by atoms with Gasteiger partial charge in [-0.3, -0.25) is 9.59 Å². The van der Waals surface area contributed by atoms with Gasteiger partial charge in [-0.2, -0.15) is 0 Å². The molecule has 2 N–H and O–H groups in total. The van der Waals surface area contributed by atoms with Crippen LogP contribution >= 0.6 is 50.9 Å². The predicted molar refractivity (Wildman–Crippen MR) is 127 cm³/mol. The quantitative estimate of drug-likeness (QED) is 0.371. The Hall–Kier alpha value is -2.14. The van der Waals surface area contributed by atoms with E-state index in [2.05, 4.69) is 36.8 Å². The van der Waals surface area contributed by atoms with Crippen molar-refractivity contribution in [2.45, 2.75) is 25.2 Å². The summed E-state index contributed by atoms with van der Waals surface area (Å²) in [6.45, 7) is 2.57. The first-order chi connectivity index (χ1) is 15.3. The van der Waals surface area contributed by atoms with E-state index in [1.54, 1.807) is 22.8 Å². The number of anilines is 1. The maximum absolute atomic E-state index is 13.9. The van der Waals surface area contributed by atoms with Crippen molar-refractivity contribution < 1.29 is 14.0 Å². The molecule has 2 aromatic carbocycles. The zero-order chi connectivity index (χ0) is 23.3. The van der Waals surface area contributed by atoms with Crippen molar-refractivity contribution in [3.05, 3.63) is 68.1 Å². The third kappa shape index (κ3) is 6.22. The normalized spacial score (nSPS) is 10.8. The lowest BCUT2D eigenvalue weighted by molar-refractivity contribution is -0.113. The molecule has 1 aromatic heterocycles. The predicted octanol–water partition coefficient (Wildman–Crippen LogP) is 5.17. The molecule has 3 aromatic rings. The van der Waals surface area contributed by atoms with Crippen LogP contribution in [0.3, 0.4) is 0 Å². The number of benzene rings is 2. The third-order valence-corrected chi connectivity index (χ3v) is 6.44. The molecule has 0 bridgehead atoms. The molecule has 12 heteroatoms. The summed E-state index contributed by atoms with van der Waals surface area (Å²) in [5.41, 5.74) is 0.467. The largest absolute Gasteiger partial charge is 0.345 e. The Balaban J connectivity index is 1.58. The van der Waals surface area contributed by atoms with E-state index in [1.165, 1.54) is 18.2 Å². The number of halogens is 4. The van der Waals surface area contributed by atoms with Crippen molar-refractivity contribution in [1.82, 2.24) is 20.1 Å². The van der Waals surface area contributed by atoms with Gasteiger partial charge in [-0.05, 0) is 43.3 Å². The van der Waals surface area contributed by atoms with Gasteiger partial charge in [-0.15, -0.1) is 10.2 Å². The molecule has 1 heterocycles. The first kappa shape index (κ1) is 24.5. The number of hydrogen-bond acceptors (Lipinski definition) is 5. The summed E-state index contributed by atoms with van der Waals surface area (Å²) < 4.78 is 16.2. The molecule has 0 saturated carbocycles. The Labute approximate surface area is 206 Å². The maximum Gasteiger partial charge on any atom is 0.251 e. The molecule has 0 radical (unpaired) electrons. The molecule has 0 aliphatic carbocycles. The van der Waals surface area contributed by atoms with Gasteiger partial charge in [-0.1, -0.05) is 50.9 Å². The minimum Gasteiger partial charge on any atom is -0.345 e. The van der Waals surface area contributed by atoms with Crippen molar-refractivity contribution in [2.24, 2.45) is 0 Å². The second-order valence-electron chi connectivity index (χ2n) is 6.42. The minimum absolute atomic E-state index is 0.0171. The van der Waals surface area contributed by atoms with Gasteiger partial charge in [0.05, 0.1) is 28.0 Å². The van der Waals surface area contributed by atoms with Gasteiger partial charge < -0.3 is 15.2 Å². The summed E-state index contributed by atoms with van der Waals surface area (Å²) in [6, 6.07) is 8.99. The molecule has 32 heavy (non-hydrogen) atoms. The number of carbonyl (C=O) groups is 2. The van der Waals surface area contributed by atoms with Crippen LogP contribution in [0.25, 0.3) is 0 Å². The highest BCUT2D eigenvalue weighted by Gasteiger charge is 2.16. The van der Waals surface area contributed by atoms with Crippen LogP contribution in [0.2, 0.25) is 10.0 Å². The standard InChI is InChI=1S/C20H17BrCl2FN5O2S/c1-2-29-17(9-25-19(31)11-3-5-13(22)14(23)7-11)27-28-20(29)32-10-18(30)26-16-6-4-12(21)8-15(16)24/h3-8H,2,9-10H2,1H3,(H,25,31)(H,26,30). The van der Waals surface area contributed by atoms with Crippen LogP contribution in [0, 0.1) is 5.82 Å². The Morgan fingerprint density at radius 3 is 2.62 bits per heavy atom. The van der Waals surface area contributed by atoms with Crippen LogP contribution in [-0.4, -0.2) is 32.3 Å². The van der Waals surface area contributed by atoms with Gasteiger partial charge in [0.2, 0.25) is 5.91 Å². The van der Waals surface area contributed by atoms with E-state index in [0.717, 1.165) is 11.8 Å². The molecule has 168 valence electrons. The SMILES string of the molecule is CCn1c(CNC(=O)c2ccc(Cl)c(Cl)c2)nnc1SCC(=O)Nc1ccc(Br)cc1F. The summed E-state index contributed by atoms with van der Waals surface area (Å²) in [6.07, 6.45) is 0. The Morgan fingerprint density at radius 2 is 1.94 bits per heavy atom. The number of aromatic nitrogens is 3. The minimum atomic E-state index is -0.533. The molecule has 7 nitrogen and oxygen atoms in total.